The zero-order chi connectivity index (χ0) is 17.8. The fourth-order valence-electron chi connectivity index (χ4n) is 2.80. The lowest BCUT2D eigenvalue weighted by Gasteiger charge is -2.19. The average Bonchev–Trinajstić information content (AvgIpc) is 3.02. The Bertz CT molecular complexity index is 737. The monoisotopic (exact) mass is 347 g/mol. The molecule has 0 radical (unpaired) electrons. The van der Waals surface area contributed by atoms with E-state index in [2.05, 4.69) is 10.1 Å². The summed E-state index contributed by atoms with van der Waals surface area (Å²) < 4.78 is 28.7. The van der Waals surface area contributed by atoms with Crippen molar-refractivity contribution in [3.63, 3.8) is 0 Å². The number of carbonyl (C=O) groups is 1. The summed E-state index contributed by atoms with van der Waals surface area (Å²) >= 11 is 0. The second kappa shape index (κ2) is 7.48. The topological polar surface area (TPSA) is 67.6 Å². The van der Waals surface area contributed by atoms with Crippen LogP contribution in [0.5, 0.6) is 5.75 Å². The summed E-state index contributed by atoms with van der Waals surface area (Å²) in [6.45, 7) is -1.66. The third-order valence-corrected chi connectivity index (χ3v) is 4.03. The molecule has 1 aliphatic heterocycles. The van der Waals surface area contributed by atoms with E-state index in [1.54, 1.807) is 35.2 Å². The molecule has 1 amide bonds. The minimum Gasteiger partial charge on any atom is -0.435 e. The molecule has 7 heteroatoms. The quantitative estimate of drug-likeness (QED) is 0.872. The van der Waals surface area contributed by atoms with Gasteiger partial charge >= 0.3 is 6.61 Å². The number of ether oxygens (including phenoxy) is 1. The number of para-hydroxylation sites is 1. The number of likely N-dealkylation sites (tertiary alicyclic amines) is 1. The van der Waals surface area contributed by atoms with Crippen molar-refractivity contribution in [2.24, 2.45) is 5.73 Å². The van der Waals surface area contributed by atoms with Gasteiger partial charge in [0.1, 0.15) is 5.75 Å². The van der Waals surface area contributed by atoms with Crippen molar-refractivity contribution in [3.8, 4) is 5.75 Å². The van der Waals surface area contributed by atoms with Crippen LogP contribution in [-0.4, -0.2) is 36.5 Å². The molecule has 25 heavy (non-hydrogen) atoms. The molecule has 2 aromatic rings. The van der Waals surface area contributed by atoms with Gasteiger partial charge in [0.05, 0.1) is 11.3 Å². The van der Waals surface area contributed by atoms with Crippen molar-refractivity contribution in [1.29, 1.82) is 0 Å². The highest BCUT2D eigenvalue weighted by Gasteiger charge is 2.25. The molecule has 1 atom stereocenters. The van der Waals surface area contributed by atoms with Crippen LogP contribution in [0.2, 0.25) is 0 Å². The van der Waals surface area contributed by atoms with Crippen LogP contribution in [0.25, 0.3) is 0 Å². The predicted molar refractivity (Wildman–Crippen MR) is 91.3 cm³/mol. The molecule has 1 aliphatic rings. The van der Waals surface area contributed by atoms with Gasteiger partial charge in [-0.1, -0.05) is 12.1 Å². The summed E-state index contributed by atoms with van der Waals surface area (Å²) in [4.78, 5) is 14.4. The van der Waals surface area contributed by atoms with Gasteiger partial charge in [0.15, 0.2) is 0 Å². The minimum absolute atomic E-state index is 0.0199. The van der Waals surface area contributed by atoms with E-state index >= 15 is 0 Å². The van der Waals surface area contributed by atoms with Crippen molar-refractivity contribution in [2.75, 3.05) is 18.4 Å². The van der Waals surface area contributed by atoms with Gasteiger partial charge in [-0.15, -0.1) is 0 Å². The van der Waals surface area contributed by atoms with Crippen molar-refractivity contribution in [3.05, 3.63) is 54.1 Å². The molecule has 0 unspecified atom stereocenters. The number of rotatable bonds is 5. The van der Waals surface area contributed by atoms with E-state index < -0.39 is 6.61 Å². The van der Waals surface area contributed by atoms with Crippen LogP contribution in [-0.2, 0) is 0 Å². The molecule has 0 bridgehead atoms. The smallest absolute Gasteiger partial charge is 0.387 e. The van der Waals surface area contributed by atoms with Gasteiger partial charge in [-0.3, -0.25) is 4.79 Å². The molecule has 0 spiro atoms. The van der Waals surface area contributed by atoms with Crippen LogP contribution in [0.4, 0.5) is 20.2 Å². The van der Waals surface area contributed by atoms with Crippen molar-refractivity contribution in [1.82, 2.24) is 4.90 Å². The number of nitrogens with two attached hydrogens (primary N) is 1. The van der Waals surface area contributed by atoms with E-state index in [-0.39, 0.29) is 17.7 Å². The molecule has 1 fully saturated rings. The minimum atomic E-state index is -2.86. The van der Waals surface area contributed by atoms with Crippen LogP contribution < -0.4 is 15.8 Å². The molecule has 0 aliphatic carbocycles. The van der Waals surface area contributed by atoms with Gasteiger partial charge in [0.25, 0.3) is 5.91 Å². The maximum atomic E-state index is 12.7. The summed E-state index contributed by atoms with van der Waals surface area (Å²) in [6.07, 6.45) is 0.799. The first-order valence-electron chi connectivity index (χ1n) is 7.98. The number of hydrogen-bond donors (Lipinski definition) is 2. The fourth-order valence-corrected chi connectivity index (χ4v) is 2.80. The maximum Gasteiger partial charge on any atom is 0.387 e. The summed E-state index contributed by atoms with van der Waals surface area (Å²) in [5.41, 5.74) is 7.74. The highest BCUT2D eigenvalue weighted by molar-refractivity contribution is 6.00. The van der Waals surface area contributed by atoms with E-state index in [1.807, 2.05) is 6.07 Å². The van der Waals surface area contributed by atoms with E-state index in [0.717, 1.165) is 6.42 Å². The lowest BCUT2D eigenvalue weighted by Crippen LogP contribution is -2.32. The molecule has 1 heterocycles. The van der Waals surface area contributed by atoms with E-state index in [9.17, 15) is 13.6 Å². The Balaban J connectivity index is 1.76. The summed E-state index contributed by atoms with van der Waals surface area (Å²) in [5, 5.41) is 3.15. The van der Waals surface area contributed by atoms with Crippen molar-refractivity contribution in [2.45, 2.75) is 19.1 Å². The van der Waals surface area contributed by atoms with Crippen molar-refractivity contribution < 1.29 is 18.3 Å². The number of halogens is 2. The zero-order valence-electron chi connectivity index (χ0n) is 13.5. The lowest BCUT2D eigenvalue weighted by molar-refractivity contribution is -0.0498. The molecular weight excluding hydrogens is 328 g/mol. The SMILES string of the molecule is N[C@@H]1CCN(C(=O)c2ccccc2Nc2ccc(OC(F)F)cc2)C1. The molecule has 2 aromatic carbocycles. The van der Waals surface area contributed by atoms with Crippen LogP contribution >= 0.6 is 0 Å². The average molecular weight is 347 g/mol. The first kappa shape index (κ1) is 17.2. The number of nitrogens with zero attached hydrogens (tertiary/aromatic N) is 1. The first-order chi connectivity index (χ1) is 12.0. The van der Waals surface area contributed by atoms with Gasteiger partial charge in [-0.05, 0) is 42.8 Å². The number of benzene rings is 2. The van der Waals surface area contributed by atoms with Gasteiger partial charge < -0.3 is 20.7 Å². The molecule has 0 aromatic heterocycles. The van der Waals surface area contributed by atoms with Crippen LogP contribution in [0.1, 0.15) is 16.8 Å². The zero-order valence-corrected chi connectivity index (χ0v) is 13.5. The first-order valence-corrected chi connectivity index (χ1v) is 7.98. The Hall–Kier alpha value is -2.67. The number of hydrogen-bond acceptors (Lipinski definition) is 4. The van der Waals surface area contributed by atoms with Gasteiger partial charge in [-0.25, -0.2) is 0 Å². The molecule has 3 N–H and O–H groups in total. The highest BCUT2D eigenvalue weighted by Crippen LogP contribution is 2.25. The summed E-state index contributed by atoms with van der Waals surface area (Å²) in [5.74, 6) is 0.00432. The van der Waals surface area contributed by atoms with Gasteiger partial charge in [0, 0.05) is 24.8 Å². The summed E-state index contributed by atoms with van der Waals surface area (Å²) in [6, 6.07) is 13.3. The van der Waals surface area contributed by atoms with Gasteiger partial charge in [-0.2, -0.15) is 8.78 Å². The Labute approximate surface area is 144 Å². The van der Waals surface area contributed by atoms with Crippen LogP contribution in [0.3, 0.4) is 0 Å². The maximum absolute atomic E-state index is 12.7. The molecule has 5 nitrogen and oxygen atoms in total. The van der Waals surface area contributed by atoms with Crippen molar-refractivity contribution >= 4 is 17.3 Å². The Morgan fingerprint density at radius 1 is 1.20 bits per heavy atom. The number of carbonyl (C=O) groups excluding carboxylic acids is 1. The molecular formula is C18H19F2N3O2. The van der Waals surface area contributed by atoms with Crippen LogP contribution in [0.15, 0.2) is 48.5 Å². The fraction of sp³-hybridized carbons (Fsp3) is 0.278. The Morgan fingerprint density at radius 3 is 2.56 bits per heavy atom. The standard InChI is InChI=1S/C18H19F2N3O2/c19-18(20)25-14-7-5-13(6-8-14)22-16-4-2-1-3-15(16)17(24)23-10-9-12(21)11-23/h1-8,12,18,22H,9-11,21H2/t12-/m1/s1. The van der Waals surface area contributed by atoms with Crippen LogP contribution in [0, 0.1) is 0 Å². The van der Waals surface area contributed by atoms with E-state index in [0.29, 0.717) is 30.0 Å². The lowest BCUT2D eigenvalue weighted by atomic mass is 10.1. The molecule has 132 valence electrons. The number of amides is 1. The molecule has 1 saturated heterocycles. The third-order valence-electron chi connectivity index (χ3n) is 4.03. The molecule has 0 saturated carbocycles. The number of anilines is 2. The largest absolute Gasteiger partial charge is 0.435 e. The normalized spacial score (nSPS) is 17.0. The second-order valence-corrected chi connectivity index (χ2v) is 5.87. The summed E-state index contributed by atoms with van der Waals surface area (Å²) in [7, 11) is 0. The second-order valence-electron chi connectivity index (χ2n) is 5.87. The van der Waals surface area contributed by atoms with Gasteiger partial charge in [0.2, 0.25) is 0 Å². The van der Waals surface area contributed by atoms with E-state index in [4.69, 9.17) is 5.73 Å². The third kappa shape index (κ3) is 4.24. The predicted octanol–water partition coefficient (Wildman–Crippen LogP) is 3.20. The number of nitrogens with one attached hydrogen (secondary N) is 1. The van der Waals surface area contributed by atoms with E-state index in [1.165, 1.54) is 12.1 Å². The Morgan fingerprint density at radius 2 is 1.92 bits per heavy atom. The number of alkyl halides is 2. The molecule has 3 rings (SSSR count). The Kier molecular flexibility index (Phi) is 5.14. The highest BCUT2D eigenvalue weighted by atomic mass is 19.3.